The molecule has 3 aromatic carbocycles. The number of nitrogens with one attached hydrogen (secondary N) is 1. The summed E-state index contributed by atoms with van der Waals surface area (Å²) in [5.41, 5.74) is 3.59. The van der Waals surface area contributed by atoms with Gasteiger partial charge in [-0.05, 0) is 66.9 Å². The highest BCUT2D eigenvalue weighted by Gasteiger charge is 2.39. The molecule has 2 amide bonds. The molecule has 0 radical (unpaired) electrons. The molecule has 236 valence electrons. The fraction of sp³-hybridized carbons (Fsp3) is 0.278. The van der Waals surface area contributed by atoms with Crippen LogP contribution in [-0.2, 0) is 13.0 Å². The van der Waals surface area contributed by atoms with Crippen molar-refractivity contribution in [2.75, 3.05) is 23.9 Å². The Bertz CT molecular complexity index is 1930. The lowest BCUT2D eigenvalue weighted by atomic mass is 10.0. The van der Waals surface area contributed by atoms with Crippen molar-refractivity contribution in [1.82, 2.24) is 9.78 Å². The highest BCUT2D eigenvalue weighted by Crippen LogP contribution is 2.36. The Morgan fingerprint density at radius 1 is 1.11 bits per heavy atom. The number of ether oxygens (including phenoxy) is 2. The number of carbonyl (C=O) groups excluding carboxylic acids is 2. The zero-order valence-electron chi connectivity index (χ0n) is 26.1. The predicted molar refractivity (Wildman–Crippen MR) is 176 cm³/mol. The van der Waals surface area contributed by atoms with E-state index >= 15 is 0 Å². The first kappa shape index (κ1) is 31.1. The Labute approximate surface area is 272 Å². The standard InChI is InChI=1S/C36H33N7O4/c1-4-5-15-36(40-41-36)16-17-47-30-8-6-7-26(19-30)18-25-9-12-29(13-10-25)43-24(2)23-42-33(35(43)45)31(22-38-42)34(44)39-28-11-14-32(46-3)27(20-28)21-37/h1,6-14,19-20,22,24H,5,15-18,23H2,2-3H3,(H,39,44). The van der Waals surface area contributed by atoms with Gasteiger partial charge >= 0.3 is 0 Å². The molecular formula is C36H33N7O4. The van der Waals surface area contributed by atoms with Crippen LogP contribution in [0.1, 0.15) is 63.7 Å². The molecule has 1 N–H and O–H groups in total. The van der Waals surface area contributed by atoms with Crippen molar-refractivity contribution in [1.29, 1.82) is 5.26 Å². The van der Waals surface area contributed by atoms with Crippen LogP contribution in [0, 0.1) is 23.7 Å². The molecule has 0 fully saturated rings. The van der Waals surface area contributed by atoms with Crippen LogP contribution in [0.15, 0.2) is 83.2 Å². The minimum Gasteiger partial charge on any atom is -0.495 e. The summed E-state index contributed by atoms with van der Waals surface area (Å²) in [5, 5.41) is 24.8. The average Bonchev–Trinajstić information content (AvgIpc) is 3.72. The topological polar surface area (TPSA) is 134 Å². The summed E-state index contributed by atoms with van der Waals surface area (Å²) in [6.45, 7) is 2.88. The Morgan fingerprint density at radius 2 is 1.91 bits per heavy atom. The van der Waals surface area contributed by atoms with E-state index in [0.717, 1.165) is 29.0 Å². The van der Waals surface area contributed by atoms with Crippen LogP contribution in [0.3, 0.4) is 0 Å². The van der Waals surface area contributed by atoms with Gasteiger partial charge < -0.3 is 19.7 Å². The zero-order valence-corrected chi connectivity index (χ0v) is 26.1. The van der Waals surface area contributed by atoms with Gasteiger partial charge in [-0.15, -0.1) is 12.3 Å². The van der Waals surface area contributed by atoms with Gasteiger partial charge in [0.15, 0.2) is 5.66 Å². The number of fused-ring (bicyclic) bond motifs is 1. The normalized spacial score (nSPS) is 15.7. The summed E-state index contributed by atoms with van der Waals surface area (Å²) in [5.74, 6) is 3.02. The molecule has 1 unspecified atom stereocenters. The van der Waals surface area contributed by atoms with Gasteiger partial charge in [-0.3, -0.25) is 14.3 Å². The molecule has 0 saturated carbocycles. The molecule has 4 aromatic rings. The minimum atomic E-state index is -0.495. The smallest absolute Gasteiger partial charge is 0.277 e. The van der Waals surface area contributed by atoms with Crippen molar-refractivity contribution in [3.8, 4) is 29.9 Å². The number of terminal acetylenes is 1. The second-order valence-corrected chi connectivity index (χ2v) is 11.6. The first-order valence-corrected chi connectivity index (χ1v) is 15.3. The third-order valence-electron chi connectivity index (χ3n) is 8.31. The van der Waals surface area contributed by atoms with E-state index in [1.54, 1.807) is 21.7 Å². The highest BCUT2D eigenvalue weighted by molar-refractivity contribution is 6.15. The van der Waals surface area contributed by atoms with E-state index in [4.69, 9.17) is 15.9 Å². The molecule has 0 spiro atoms. The Balaban J connectivity index is 1.11. The summed E-state index contributed by atoms with van der Waals surface area (Å²) < 4.78 is 12.7. The van der Waals surface area contributed by atoms with Gasteiger partial charge in [0, 0.05) is 30.6 Å². The first-order valence-electron chi connectivity index (χ1n) is 15.3. The van der Waals surface area contributed by atoms with Crippen molar-refractivity contribution in [3.05, 3.63) is 101 Å². The van der Waals surface area contributed by atoms with Gasteiger partial charge in [0.2, 0.25) is 0 Å². The number of methoxy groups -OCH3 is 1. The molecule has 11 heteroatoms. The maximum absolute atomic E-state index is 13.9. The van der Waals surface area contributed by atoms with Gasteiger partial charge in [-0.25, -0.2) is 0 Å². The molecule has 11 nitrogen and oxygen atoms in total. The monoisotopic (exact) mass is 627 g/mol. The minimum absolute atomic E-state index is 0.156. The quantitative estimate of drug-likeness (QED) is 0.192. The van der Waals surface area contributed by atoms with Crippen LogP contribution in [0.5, 0.6) is 11.5 Å². The fourth-order valence-electron chi connectivity index (χ4n) is 5.76. The number of nitriles is 1. The molecule has 0 saturated heterocycles. The Morgan fingerprint density at radius 3 is 2.64 bits per heavy atom. The molecule has 1 aromatic heterocycles. The second kappa shape index (κ2) is 13.2. The molecule has 47 heavy (non-hydrogen) atoms. The molecule has 3 heterocycles. The Hall–Kier alpha value is -5.94. The van der Waals surface area contributed by atoms with Gasteiger partial charge in [-0.2, -0.15) is 20.6 Å². The number of benzene rings is 3. The lowest BCUT2D eigenvalue weighted by molar-refractivity contribution is 0.0933. The van der Waals surface area contributed by atoms with E-state index in [2.05, 4.69) is 32.6 Å². The van der Waals surface area contributed by atoms with Gasteiger partial charge in [-0.1, -0.05) is 24.3 Å². The molecule has 0 aliphatic carbocycles. The van der Waals surface area contributed by atoms with E-state index in [-0.39, 0.29) is 34.4 Å². The predicted octanol–water partition coefficient (Wildman–Crippen LogP) is 6.00. The second-order valence-electron chi connectivity index (χ2n) is 11.6. The van der Waals surface area contributed by atoms with Crippen LogP contribution in [0.2, 0.25) is 0 Å². The summed E-state index contributed by atoms with van der Waals surface area (Å²) >= 11 is 0. The Kier molecular flexibility index (Phi) is 8.72. The molecule has 2 aliphatic rings. The summed E-state index contributed by atoms with van der Waals surface area (Å²) in [4.78, 5) is 28.8. The lowest BCUT2D eigenvalue weighted by Crippen LogP contribution is -2.47. The number of amides is 2. The van der Waals surface area contributed by atoms with Crippen molar-refractivity contribution in [2.24, 2.45) is 10.2 Å². The molecule has 1 atom stereocenters. The third kappa shape index (κ3) is 6.70. The number of aromatic nitrogens is 2. The van der Waals surface area contributed by atoms with Crippen LogP contribution < -0.4 is 19.7 Å². The highest BCUT2D eigenvalue weighted by atomic mass is 16.5. The maximum atomic E-state index is 13.9. The van der Waals surface area contributed by atoms with Gasteiger partial charge in [0.25, 0.3) is 11.8 Å². The summed E-state index contributed by atoms with van der Waals surface area (Å²) in [7, 11) is 1.47. The number of anilines is 2. The SMILES string of the molecule is C#CCCC1(CCOc2cccc(Cc3ccc(N4C(=O)c5c(C(=O)Nc6ccc(OC)c(C#N)c6)cnn5CC4C)cc3)c2)N=N1. The van der Waals surface area contributed by atoms with E-state index in [0.29, 0.717) is 43.9 Å². The van der Waals surface area contributed by atoms with Gasteiger partial charge in [0.05, 0.1) is 43.6 Å². The number of hydrogen-bond acceptors (Lipinski definition) is 8. The van der Waals surface area contributed by atoms with Gasteiger partial charge in [0.1, 0.15) is 23.3 Å². The number of hydrogen-bond donors (Lipinski definition) is 1. The van der Waals surface area contributed by atoms with Crippen LogP contribution >= 0.6 is 0 Å². The number of carbonyl (C=O) groups is 2. The summed E-state index contributed by atoms with van der Waals surface area (Å²) in [6, 6.07) is 22.5. The van der Waals surface area contributed by atoms with E-state index < -0.39 is 5.91 Å². The number of nitrogens with zero attached hydrogens (tertiary/aromatic N) is 6. The summed E-state index contributed by atoms with van der Waals surface area (Å²) in [6.07, 6.45) is 9.57. The van der Waals surface area contributed by atoms with Crippen molar-refractivity contribution in [3.63, 3.8) is 0 Å². The van der Waals surface area contributed by atoms with Crippen LogP contribution in [-0.4, -0.2) is 47.0 Å². The third-order valence-corrected chi connectivity index (χ3v) is 8.31. The molecule has 6 rings (SSSR count). The van der Waals surface area contributed by atoms with Crippen molar-refractivity contribution < 1.29 is 19.1 Å². The average molecular weight is 628 g/mol. The lowest BCUT2D eigenvalue weighted by Gasteiger charge is -2.34. The van der Waals surface area contributed by atoms with Crippen LogP contribution in [0.25, 0.3) is 0 Å². The fourth-order valence-corrected chi connectivity index (χ4v) is 5.76. The first-order chi connectivity index (χ1) is 22.8. The van der Waals surface area contributed by atoms with E-state index in [1.807, 2.05) is 55.5 Å². The largest absolute Gasteiger partial charge is 0.495 e. The van der Waals surface area contributed by atoms with Crippen molar-refractivity contribution >= 4 is 23.2 Å². The molecular weight excluding hydrogens is 594 g/mol. The number of rotatable bonds is 12. The molecule has 2 aliphatic heterocycles. The van der Waals surface area contributed by atoms with E-state index in [9.17, 15) is 14.9 Å². The van der Waals surface area contributed by atoms with Crippen molar-refractivity contribution in [2.45, 2.75) is 50.9 Å². The van der Waals surface area contributed by atoms with Crippen LogP contribution in [0.4, 0.5) is 11.4 Å². The zero-order chi connectivity index (χ0) is 33.0. The molecule has 0 bridgehead atoms. The maximum Gasteiger partial charge on any atom is 0.277 e. The van der Waals surface area contributed by atoms with E-state index in [1.165, 1.54) is 19.4 Å².